The minimum absolute atomic E-state index is 0.0622. The van der Waals surface area contributed by atoms with E-state index in [1.54, 1.807) is 19.1 Å². The monoisotopic (exact) mass is 322 g/mol. The molecule has 0 unspecified atom stereocenters. The highest BCUT2D eigenvalue weighted by Gasteiger charge is 2.20. The second-order valence-electron chi connectivity index (χ2n) is 4.81. The van der Waals surface area contributed by atoms with Crippen LogP contribution in [0.2, 0.25) is 5.15 Å². The molecule has 0 amide bonds. The summed E-state index contributed by atoms with van der Waals surface area (Å²) in [6.45, 7) is 1.70. The van der Waals surface area contributed by atoms with E-state index >= 15 is 0 Å². The Hall–Kier alpha value is -2.23. The highest BCUT2D eigenvalue weighted by Crippen LogP contribution is 2.26. The molecule has 1 aromatic carbocycles. The van der Waals surface area contributed by atoms with Gasteiger partial charge in [-0.3, -0.25) is 0 Å². The summed E-state index contributed by atoms with van der Waals surface area (Å²) in [7, 11) is 0. The first kappa shape index (κ1) is 16.1. The number of halogens is 3. The van der Waals surface area contributed by atoms with Gasteiger partial charge in [0.1, 0.15) is 17.0 Å². The average molecular weight is 323 g/mol. The van der Waals surface area contributed by atoms with Crippen molar-refractivity contribution in [3.05, 3.63) is 58.2 Å². The van der Waals surface area contributed by atoms with Gasteiger partial charge in [-0.25, -0.2) is 13.8 Å². The zero-order valence-corrected chi connectivity index (χ0v) is 12.4. The normalized spacial score (nSPS) is 13.3. The molecule has 4 nitrogen and oxygen atoms in total. The van der Waals surface area contributed by atoms with Crippen molar-refractivity contribution >= 4 is 17.4 Å². The van der Waals surface area contributed by atoms with Crippen LogP contribution in [-0.2, 0) is 0 Å². The number of hydrogen-bond acceptors (Lipinski definition) is 4. The molecule has 0 bridgehead atoms. The molecule has 114 valence electrons. The largest absolute Gasteiger partial charge is 0.359 e. The van der Waals surface area contributed by atoms with Gasteiger partial charge in [0.2, 0.25) is 0 Å². The molecule has 2 atom stereocenters. The van der Waals surface area contributed by atoms with E-state index in [0.29, 0.717) is 5.56 Å². The first-order chi connectivity index (χ1) is 10.4. The molecule has 0 saturated heterocycles. The van der Waals surface area contributed by atoms with Crippen LogP contribution < -0.4 is 11.1 Å². The maximum absolute atomic E-state index is 14.0. The SMILES string of the molecule is C[C@H](N)[C@H](Nc1nc(Cl)c(C#N)cc1F)c1cccc(F)c1. The van der Waals surface area contributed by atoms with Crippen molar-refractivity contribution in [1.29, 1.82) is 5.26 Å². The van der Waals surface area contributed by atoms with Crippen molar-refractivity contribution in [3.63, 3.8) is 0 Å². The zero-order chi connectivity index (χ0) is 16.3. The van der Waals surface area contributed by atoms with Gasteiger partial charge in [-0.1, -0.05) is 23.7 Å². The summed E-state index contributed by atoms with van der Waals surface area (Å²) in [5.41, 5.74) is 6.38. The molecule has 0 aliphatic rings. The number of benzene rings is 1. The van der Waals surface area contributed by atoms with Crippen LogP contribution in [0.3, 0.4) is 0 Å². The van der Waals surface area contributed by atoms with E-state index in [2.05, 4.69) is 10.3 Å². The van der Waals surface area contributed by atoms with E-state index in [-0.39, 0.29) is 16.5 Å². The van der Waals surface area contributed by atoms with Gasteiger partial charge in [0.05, 0.1) is 11.6 Å². The summed E-state index contributed by atoms with van der Waals surface area (Å²) in [4.78, 5) is 3.82. The predicted molar refractivity (Wildman–Crippen MR) is 80.3 cm³/mol. The quantitative estimate of drug-likeness (QED) is 0.846. The van der Waals surface area contributed by atoms with E-state index < -0.39 is 23.7 Å². The summed E-state index contributed by atoms with van der Waals surface area (Å²) in [5, 5.41) is 11.5. The molecule has 3 N–H and O–H groups in total. The summed E-state index contributed by atoms with van der Waals surface area (Å²) >= 11 is 5.80. The molecule has 1 aromatic heterocycles. The number of pyridine rings is 1. The maximum Gasteiger partial charge on any atom is 0.166 e. The van der Waals surface area contributed by atoms with E-state index in [4.69, 9.17) is 22.6 Å². The number of anilines is 1. The van der Waals surface area contributed by atoms with Crippen LogP contribution in [0.15, 0.2) is 30.3 Å². The minimum atomic E-state index is -0.733. The fourth-order valence-electron chi connectivity index (χ4n) is 2.01. The van der Waals surface area contributed by atoms with Crippen molar-refractivity contribution in [2.75, 3.05) is 5.32 Å². The molecule has 0 saturated carbocycles. The Morgan fingerprint density at radius 2 is 2.09 bits per heavy atom. The van der Waals surface area contributed by atoms with Gasteiger partial charge < -0.3 is 11.1 Å². The van der Waals surface area contributed by atoms with E-state index in [9.17, 15) is 8.78 Å². The van der Waals surface area contributed by atoms with Crippen LogP contribution in [0, 0.1) is 23.0 Å². The minimum Gasteiger partial charge on any atom is -0.359 e. The third-order valence-corrected chi connectivity index (χ3v) is 3.36. The lowest BCUT2D eigenvalue weighted by molar-refractivity contribution is 0.585. The summed E-state index contributed by atoms with van der Waals surface area (Å²) in [6.07, 6.45) is 0. The molecule has 2 aromatic rings. The Morgan fingerprint density at radius 3 is 2.68 bits per heavy atom. The van der Waals surface area contributed by atoms with Gasteiger partial charge in [-0.05, 0) is 30.7 Å². The van der Waals surface area contributed by atoms with Crippen molar-refractivity contribution < 1.29 is 8.78 Å². The Labute approximate surface area is 131 Å². The molecule has 0 aliphatic heterocycles. The number of nitrogens with zero attached hydrogens (tertiary/aromatic N) is 2. The lowest BCUT2D eigenvalue weighted by atomic mass is 10.0. The zero-order valence-electron chi connectivity index (χ0n) is 11.6. The molecule has 1 heterocycles. The predicted octanol–water partition coefficient (Wildman–Crippen LogP) is 3.39. The number of nitrogens with two attached hydrogens (primary N) is 1. The van der Waals surface area contributed by atoms with E-state index in [1.807, 2.05) is 0 Å². The Bertz CT molecular complexity index is 728. The Morgan fingerprint density at radius 1 is 1.36 bits per heavy atom. The summed E-state index contributed by atoms with van der Waals surface area (Å²) < 4.78 is 27.3. The van der Waals surface area contributed by atoms with Crippen LogP contribution >= 0.6 is 11.6 Å². The molecule has 7 heteroatoms. The van der Waals surface area contributed by atoms with Gasteiger partial charge in [-0.2, -0.15) is 5.26 Å². The Kier molecular flexibility index (Phi) is 4.91. The van der Waals surface area contributed by atoms with Crippen LogP contribution in [0.4, 0.5) is 14.6 Å². The number of rotatable bonds is 4. The smallest absolute Gasteiger partial charge is 0.166 e. The molecule has 0 fully saturated rings. The molecule has 2 rings (SSSR count). The average Bonchev–Trinajstić information content (AvgIpc) is 2.47. The summed E-state index contributed by atoms with van der Waals surface area (Å²) in [6, 6.07) is 7.54. The second-order valence-corrected chi connectivity index (χ2v) is 5.16. The number of hydrogen-bond donors (Lipinski definition) is 2. The summed E-state index contributed by atoms with van der Waals surface area (Å²) in [5.74, 6) is -1.30. The van der Waals surface area contributed by atoms with Crippen LogP contribution in [0.5, 0.6) is 0 Å². The molecule has 22 heavy (non-hydrogen) atoms. The van der Waals surface area contributed by atoms with Gasteiger partial charge in [-0.15, -0.1) is 0 Å². The van der Waals surface area contributed by atoms with Crippen molar-refractivity contribution in [2.24, 2.45) is 5.73 Å². The lowest BCUT2D eigenvalue weighted by Crippen LogP contribution is -2.31. The standard InChI is InChI=1S/C15H13ClF2N4/c1-8(20)13(9-3-2-4-11(17)5-9)21-15-12(18)6-10(7-19)14(16)22-15/h2-6,8,13H,20H2,1H3,(H,21,22)/t8-,13-/m0/s1. The molecular formula is C15H13ClF2N4. The molecule has 0 spiro atoms. The fraction of sp³-hybridized carbons (Fsp3) is 0.200. The highest BCUT2D eigenvalue weighted by atomic mass is 35.5. The van der Waals surface area contributed by atoms with Gasteiger partial charge in [0.25, 0.3) is 0 Å². The number of nitriles is 1. The van der Waals surface area contributed by atoms with Crippen molar-refractivity contribution in [1.82, 2.24) is 4.98 Å². The van der Waals surface area contributed by atoms with Crippen molar-refractivity contribution in [3.8, 4) is 6.07 Å². The number of aromatic nitrogens is 1. The second kappa shape index (κ2) is 6.69. The topological polar surface area (TPSA) is 74.7 Å². The van der Waals surface area contributed by atoms with E-state index in [0.717, 1.165) is 6.07 Å². The lowest BCUT2D eigenvalue weighted by Gasteiger charge is -2.23. The molecule has 0 radical (unpaired) electrons. The maximum atomic E-state index is 14.0. The third kappa shape index (κ3) is 3.50. The fourth-order valence-corrected chi connectivity index (χ4v) is 2.19. The Balaban J connectivity index is 2.37. The van der Waals surface area contributed by atoms with Crippen LogP contribution in [-0.4, -0.2) is 11.0 Å². The molecular weight excluding hydrogens is 310 g/mol. The van der Waals surface area contributed by atoms with Crippen LogP contribution in [0.1, 0.15) is 24.1 Å². The molecule has 0 aliphatic carbocycles. The van der Waals surface area contributed by atoms with Gasteiger partial charge in [0.15, 0.2) is 11.6 Å². The first-order valence-corrected chi connectivity index (χ1v) is 6.84. The van der Waals surface area contributed by atoms with Crippen LogP contribution in [0.25, 0.3) is 0 Å². The van der Waals surface area contributed by atoms with Gasteiger partial charge >= 0.3 is 0 Å². The van der Waals surface area contributed by atoms with E-state index in [1.165, 1.54) is 18.2 Å². The van der Waals surface area contributed by atoms with Gasteiger partial charge in [0, 0.05) is 6.04 Å². The first-order valence-electron chi connectivity index (χ1n) is 6.46. The van der Waals surface area contributed by atoms with Crippen molar-refractivity contribution in [2.45, 2.75) is 19.0 Å². The third-order valence-electron chi connectivity index (χ3n) is 3.08. The highest BCUT2D eigenvalue weighted by molar-refractivity contribution is 6.30. The number of nitrogens with one attached hydrogen (secondary N) is 1.